The van der Waals surface area contributed by atoms with E-state index in [0.29, 0.717) is 5.69 Å². The van der Waals surface area contributed by atoms with Gasteiger partial charge in [-0.25, -0.2) is 13.2 Å². The van der Waals surface area contributed by atoms with Gasteiger partial charge in [0, 0.05) is 12.2 Å². The highest BCUT2D eigenvalue weighted by Crippen LogP contribution is 2.21. The molecule has 1 N–H and O–H groups in total. The smallest absolute Gasteiger partial charge is 0.339 e. The molecule has 0 radical (unpaired) electrons. The molecule has 0 saturated heterocycles. The average Bonchev–Trinajstić information content (AvgIpc) is 2.62. The van der Waals surface area contributed by atoms with Gasteiger partial charge in [-0.15, -0.1) is 0 Å². The number of methoxy groups -OCH3 is 1. The molecule has 0 aliphatic heterocycles. The van der Waals surface area contributed by atoms with Crippen LogP contribution in [0.25, 0.3) is 0 Å². The highest BCUT2D eigenvalue weighted by atomic mass is 35.5. The standard InChI is InChI=1S/C18H19ClN2O5S/c1-26-18(23)15-10-14(8-9-16(15)19)20-17(22)12-21(27(2,24)25)11-13-6-4-3-5-7-13/h3-10H,11-12H2,1-2H3,(H,20,22). The second-order valence-electron chi connectivity index (χ2n) is 5.75. The van der Waals surface area contributed by atoms with Gasteiger partial charge in [0.2, 0.25) is 15.9 Å². The maximum Gasteiger partial charge on any atom is 0.339 e. The van der Waals surface area contributed by atoms with Gasteiger partial charge in [-0.1, -0.05) is 41.9 Å². The molecular formula is C18H19ClN2O5S. The van der Waals surface area contributed by atoms with Crippen LogP contribution < -0.4 is 5.32 Å². The van der Waals surface area contributed by atoms with Crippen molar-refractivity contribution in [2.75, 3.05) is 25.2 Å². The van der Waals surface area contributed by atoms with Crippen LogP contribution in [-0.2, 0) is 26.1 Å². The number of carbonyl (C=O) groups is 2. The fourth-order valence-electron chi connectivity index (χ4n) is 2.31. The summed E-state index contributed by atoms with van der Waals surface area (Å²) < 4.78 is 29.7. The Kier molecular flexibility index (Phi) is 6.95. The second kappa shape index (κ2) is 8.98. The Balaban J connectivity index is 2.13. The van der Waals surface area contributed by atoms with E-state index in [1.807, 2.05) is 6.07 Å². The molecule has 144 valence electrons. The molecule has 0 spiro atoms. The molecule has 2 aromatic carbocycles. The van der Waals surface area contributed by atoms with E-state index in [1.54, 1.807) is 24.3 Å². The van der Waals surface area contributed by atoms with Gasteiger partial charge in [0.05, 0.1) is 30.5 Å². The van der Waals surface area contributed by atoms with Crippen LogP contribution in [0.5, 0.6) is 0 Å². The highest BCUT2D eigenvalue weighted by molar-refractivity contribution is 7.88. The number of hydrogen-bond donors (Lipinski definition) is 1. The molecule has 0 unspecified atom stereocenters. The minimum absolute atomic E-state index is 0.0706. The van der Waals surface area contributed by atoms with E-state index in [1.165, 1.54) is 25.3 Å². The number of amides is 1. The zero-order valence-corrected chi connectivity index (χ0v) is 16.4. The summed E-state index contributed by atoms with van der Waals surface area (Å²) in [4.78, 5) is 24.0. The quantitative estimate of drug-likeness (QED) is 0.708. The average molecular weight is 411 g/mol. The lowest BCUT2D eigenvalue weighted by atomic mass is 10.2. The lowest BCUT2D eigenvalue weighted by Gasteiger charge is -2.19. The summed E-state index contributed by atoms with van der Waals surface area (Å²) >= 11 is 5.94. The van der Waals surface area contributed by atoms with Crippen LogP contribution >= 0.6 is 11.6 Å². The van der Waals surface area contributed by atoms with Crippen molar-refractivity contribution in [2.45, 2.75) is 6.54 Å². The molecule has 7 nitrogen and oxygen atoms in total. The molecule has 2 aromatic rings. The van der Waals surface area contributed by atoms with E-state index >= 15 is 0 Å². The van der Waals surface area contributed by atoms with Crippen molar-refractivity contribution in [3.8, 4) is 0 Å². The number of ether oxygens (including phenoxy) is 1. The first-order valence-corrected chi connectivity index (χ1v) is 10.1. The van der Waals surface area contributed by atoms with Crippen LogP contribution in [0.3, 0.4) is 0 Å². The second-order valence-corrected chi connectivity index (χ2v) is 8.14. The maximum absolute atomic E-state index is 12.3. The lowest BCUT2D eigenvalue weighted by molar-refractivity contribution is -0.116. The molecule has 0 aliphatic carbocycles. The Morgan fingerprint density at radius 3 is 2.41 bits per heavy atom. The van der Waals surface area contributed by atoms with Gasteiger partial charge in [-0.3, -0.25) is 4.79 Å². The summed E-state index contributed by atoms with van der Waals surface area (Å²) in [5.74, 6) is -1.19. The van der Waals surface area contributed by atoms with E-state index in [0.717, 1.165) is 16.1 Å². The van der Waals surface area contributed by atoms with Gasteiger partial charge >= 0.3 is 5.97 Å². The van der Waals surface area contributed by atoms with E-state index < -0.39 is 21.9 Å². The van der Waals surface area contributed by atoms with Crippen LogP contribution in [0.2, 0.25) is 5.02 Å². The Labute approximate surface area is 162 Å². The zero-order valence-electron chi connectivity index (χ0n) is 14.8. The first-order valence-electron chi connectivity index (χ1n) is 7.87. The first-order chi connectivity index (χ1) is 12.7. The fourth-order valence-corrected chi connectivity index (χ4v) is 3.24. The molecule has 0 atom stereocenters. The van der Waals surface area contributed by atoms with Crippen molar-refractivity contribution in [1.29, 1.82) is 0 Å². The highest BCUT2D eigenvalue weighted by Gasteiger charge is 2.21. The topological polar surface area (TPSA) is 92.8 Å². The molecular weight excluding hydrogens is 392 g/mol. The van der Waals surface area contributed by atoms with Gasteiger partial charge in [0.25, 0.3) is 0 Å². The SMILES string of the molecule is COC(=O)c1cc(NC(=O)CN(Cc2ccccc2)S(C)(=O)=O)ccc1Cl. The number of rotatable bonds is 7. The summed E-state index contributed by atoms with van der Waals surface area (Å²) in [5.41, 5.74) is 1.16. The predicted molar refractivity (Wildman–Crippen MR) is 103 cm³/mol. The van der Waals surface area contributed by atoms with E-state index in [4.69, 9.17) is 11.6 Å². The predicted octanol–water partition coefficient (Wildman–Crippen LogP) is 2.53. The number of nitrogens with one attached hydrogen (secondary N) is 1. The minimum Gasteiger partial charge on any atom is -0.465 e. The van der Waals surface area contributed by atoms with E-state index in [2.05, 4.69) is 10.1 Å². The number of nitrogens with zero attached hydrogens (tertiary/aromatic N) is 1. The number of benzene rings is 2. The lowest BCUT2D eigenvalue weighted by Crippen LogP contribution is -2.36. The zero-order chi connectivity index (χ0) is 20.0. The molecule has 1 amide bonds. The van der Waals surface area contributed by atoms with Crippen molar-refractivity contribution in [2.24, 2.45) is 0 Å². The number of anilines is 1. The molecule has 0 fully saturated rings. The van der Waals surface area contributed by atoms with Crippen LogP contribution in [0.15, 0.2) is 48.5 Å². The third-order valence-electron chi connectivity index (χ3n) is 3.65. The number of esters is 1. The Bertz CT molecular complexity index is 932. The number of halogens is 1. The molecule has 9 heteroatoms. The summed E-state index contributed by atoms with van der Waals surface area (Å²) in [6.07, 6.45) is 1.04. The number of hydrogen-bond acceptors (Lipinski definition) is 5. The molecule has 0 bridgehead atoms. The van der Waals surface area contributed by atoms with Crippen molar-refractivity contribution in [1.82, 2.24) is 4.31 Å². The van der Waals surface area contributed by atoms with Gasteiger partial charge in [-0.05, 0) is 23.8 Å². The number of carbonyl (C=O) groups excluding carboxylic acids is 2. The van der Waals surface area contributed by atoms with E-state index in [9.17, 15) is 18.0 Å². The Hall–Kier alpha value is -2.42. The van der Waals surface area contributed by atoms with Crippen LogP contribution in [0.4, 0.5) is 5.69 Å². The minimum atomic E-state index is -3.61. The van der Waals surface area contributed by atoms with Gasteiger partial charge in [0.15, 0.2) is 0 Å². The van der Waals surface area contributed by atoms with Crippen LogP contribution in [0, 0.1) is 0 Å². The van der Waals surface area contributed by atoms with Crippen molar-refractivity contribution in [3.05, 3.63) is 64.7 Å². The fraction of sp³-hybridized carbons (Fsp3) is 0.222. The molecule has 27 heavy (non-hydrogen) atoms. The molecule has 0 saturated carbocycles. The summed E-state index contributed by atoms with van der Waals surface area (Å²) in [6, 6.07) is 13.3. The third-order valence-corrected chi connectivity index (χ3v) is 5.17. The van der Waals surface area contributed by atoms with Gasteiger partial charge in [-0.2, -0.15) is 4.31 Å². The monoisotopic (exact) mass is 410 g/mol. The number of sulfonamides is 1. The summed E-state index contributed by atoms with van der Waals surface area (Å²) in [6.45, 7) is -0.301. The van der Waals surface area contributed by atoms with Gasteiger partial charge in [0.1, 0.15) is 0 Å². The summed E-state index contributed by atoms with van der Waals surface area (Å²) in [5, 5.41) is 2.75. The Morgan fingerprint density at radius 2 is 1.81 bits per heavy atom. The normalized spacial score (nSPS) is 11.3. The largest absolute Gasteiger partial charge is 0.465 e. The van der Waals surface area contributed by atoms with Crippen molar-refractivity contribution < 1.29 is 22.7 Å². The van der Waals surface area contributed by atoms with E-state index in [-0.39, 0.29) is 23.7 Å². The first kappa shape index (κ1) is 20.9. The third kappa shape index (κ3) is 6.06. The molecule has 0 aromatic heterocycles. The molecule has 0 aliphatic rings. The molecule has 0 heterocycles. The van der Waals surface area contributed by atoms with Crippen molar-refractivity contribution >= 4 is 39.2 Å². The van der Waals surface area contributed by atoms with Gasteiger partial charge < -0.3 is 10.1 Å². The van der Waals surface area contributed by atoms with Crippen LogP contribution in [-0.4, -0.2) is 44.5 Å². The Morgan fingerprint density at radius 1 is 1.15 bits per heavy atom. The van der Waals surface area contributed by atoms with Crippen LogP contribution in [0.1, 0.15) is 15.9 Å². The summed E-state index contributed by atoms with van der Waals surface area (Å²) in [7, 11) is -2.39. The maximum atomic E-state index is 12.3. The van der Waals surface area contributed by atoms with Crippen molar-refractivity contribution in [3.63, 3.8) is 0 Å². The molecule has 2 rings (SSSR count).